The predicted octanol–water partition coefficient (Wildman–Crippen LogP) is 8.02. The first-order valence-electron chi connectivity index (χ1n) is 15.8. The maximum atomic E-state index is 12.0. The first-order valence-corrected chi connectivity index (χ1v) is 17.4. The van der Waals surface area contributed by atoms with Crippen molar-refractivity contribution in [2.45, 2.75) is 87.0 Å². The van der Waals surface area contributed by atoms with Crippen LogP contribution < -0.4 is 11.5 Å². The molecule has 4 aromatic heterocycles. The topological polar surface area (TPSA) is 130 Å². The first-order chi connectivity index (χ1) is 21.1. The van der Waals surface area contributed by atoms with E-state index in [0.717, 1.165) is 57.5 Å². The van der Waals surface area contributed by atoms with E-state index in [1.54, 1.807) is 6.92 Å². The molecule has 0 bridgehead atoms. The Labute approximate surface area is 273 Å². The third kappa shape index (κ3) is 6.68. The smallest absolute Gasteiger partial charge is 0.350 e. The Balaban J connectivity index is 0.000000178. The van der Waals surface area contributed by atoms with Gasteiger partial charge in [0.15, 0.2) is 0 Å². The van der Waals surface area contributed by atoms with Crippen LogP contribution in [0.1, 0.15) is 103 Å². The van der Waals surface area contributed by atoms with Crippen LogP contribution in [0, 0.1) is 22.7 Å². The van der Waals surface area contributed by atoms with Crippen molar-refractivity contribution in [2.24, 2.45) is 22.7 Å². The molecular formula is C35H46N4O4S2. The van der Waals surface area contributed by atoms with E-state index < -0.39 is 0 Å². The van der Waals surface area contributed by atoms with Gasteiger partial charge in [-0.3, -0.25) is 0 Å². The largest absolute Gasteiger partial charge is 0.465 e. The summed E-state index contributed by atoms with van der Waals surface area (Å²) in [7, 11) is 1.37. The minimum absolute atomic E-state index is 0.295. The average molecular weight is 651 g/mol. The number of carbonyl (C=O) groups is 2. The van der Waals surface area contributed by atoms with E-state index in [2.05, 4.69) is 53.7 Å². The maximum Gasteiger partial charge on any atom is 0.350 e. The second kappa shape index (κ2) is 12.5. The summed E-state index contributed by atoms with van der Waals surface area (Å²) in [4.78, 5) is 36.0. The molecule has 0 amide bonds. The number of hydrogen-bond acceptors (Lipinski definition) is 10. The molecule has 242 valence electrons. The zero-order chi connectivity index (χ0) is 32.8. The van der Waals surface area contributed by atoms with Gasteiger partial charge >= 0.3 is 11.9 Å². The van der Waals surface area contributed by atoms with Crippen molar-refractivity contribution in [3.63, 3.8) is 0 Å². The third-order valence-electron chi connectivity index (χ3n) is 9.45. The van der Waals surface area contributed by atoms with Gasteiger partial charge in [-0.05, 0) is 91.4 Å². The number of anilines is 2. The van der Waals surface area contributed by atoms with Crippen LogP contribution in [0.25, 0.3) is 20.4 Å². The minimum atomic E-state index is -0.383. The Morgan fingerprint density at radius 2 is 1.22 bits per heavy atom. The van der Waals surface area contributed by atoms with E-state index >= 15 is 0 Å². The van der Waals surface area contributed by atoms with Gasteiger partial charge in [-0.2, -0.15) is 0 Å². The van der Waals surface area contributed by atoms with Crippen LogP contribution in [-0.2, 0) is 35.2 Å². The number of fused-ring (bicyclic) bond motifs is 4. The summed E-state index contributed by atoms with van der Waals surface area (Å²) in [6.07, 6.45) is 6.40. The molecule has 2 aliphatic rings. The number of nitrogen functional groups attached to an aromatic ring is 2. The van der Waals surface area contributed by atoms with Crippen molar-refractivity contribution in [3.05, 3.63) is 44.4 Å². The summed E-state index contributed by atoms with van der Waals surface area (Å²) in [5.74, 6) is 0.572. The Kier molecular flexibility index (Phi) is 9.21. The summed E-state index contributed by atoms with van der Waals surface area (Å²) < 4.78 is 9.89. The predicted molar refractivity (Wildman–Crippen MR) is 185 cm³/mol. The van der Waals surface area contributed by atoms with E-state index in [9.17, 15) is 9.59 Å². The lowest BCUT2D eigenvalue weighted by Crippen LogP contribution is -2.27. The monoisotopic (exact) mass is 650 g/mol. The number of methoxy groups -OCH3 is 1. The standard InChI is InChI=1S/C18H24N2O2S.C17H22N2O2S/c1-5-22-17(21)15-14(19)12-9-10-8-11(18(2,3)4)6-7-13(10)20-16(12)23-15;1-17(2,3)10-5-6-12-9(7-10)8-11-13(18)14(16(20)21-4)22-15(11)19-12/h9,11H,5-8,19H2,1-4H3;8,10H,5-7,18H2,1-4H3. The zero-order valence-electron chi connectivity index (χ0n) is 27.8. The van der Waals surface area contributed by atoms with Gasteiger partial charge in [0.2, 0.25) is 0 Å². The molecule has 4 N–H and O–H groups in total. The number of nitrogens with two attached hydrogens (primary N) is 2. The van der Waals surface area contributed by atoms with Crippen LogP contribution in [0.5, 0.6) is 0 Å². The highest BCUT2D eigenvalue weighted by Crippen LogP contribution is 2.42. The summed E-state index contributed by atoms with van der Waals surface area (Å²) in [5.41, 5.74) is 18.8. The van der Waals surface area contributed by atoms with Gasteiger partial charge in [0.25, 0.3) is 0 Å². The number of aryl methyl sites for hydroxylation is 2. The molecule has 2 atom stereocenters. The lowest BCUT2D eigenvalue weighted by molar-refractivity contribution is 0.0532. The van der Waals surface area contributed by atoms with Crippen LogP contribution in [0.3, 0.4) is 0 Å². The molecule has 6 rings (SSSR count). The van der Waals surface area contributed by atoms with Crippen molar-refractivity contribution >= 4 is 66.4 Å². The number of thiophene rings is 2. The number of hydrogen-bond donors (Lipinski definition) is 2. The average Bonchev–Trinajstić information content (AvgIpc) is 3.48. The SMILES string of the molecule is CCOC(=O)c1sc2nc3c(cc2c1N)CC(C(C)(C)C)CC3.COC(=O)c1sc2nc3c(cc2c1N)CC(C(C)(C)C)CC3. The normalized spacial score (nSPS) is 18.1. The van der Waals surface area contributed by atoms with Gasteiger partial charge in [0.05, 0.1) is 25.1 Å². The van der Waals surface area contributed by atoms with Crippen molar-refractivity contribution in [3.8, 4) is 0 Å². The van der Waals surface area contributed by atoms with Crippen molar-refractivity contribution in [2.75, 3.05) is 25.2 Å². The van der Waals surface area contributed by atoms with Gasteiger partial charge in [-0.1, -0.05) is 41.5 Å². The second-order valence-corrected chi connectivity index (χ2v) is 16.4. The molecule has 4 aromatic rings. The Morgan fingerprint density at radius 1 is 0.800 bits per heavy atom. The van der Waals surface area contributed by atoms with E-state index in [-0.39, 0.29) is 11.9 Å². The minimum Gasteiger partial charge on any atom is -0.465 e. The number of pyridine rings is 2. The van der Waals surface area contributed by atoms with Gasteiger partial charge in [-0.15, -0.1) is 22.7 Å². The number of carbonyl (C=O) groups excluding carboxylic acids is 2. The first kappa shape index (κ1) is 33.1. The molecular weight excluding hydrogens is 605 g/mol. The maximum absolute atomic E-state index is 12.0. The molecule has 0 aliphatic heterocycles. The Hall–Kier alpha value is -3.24. The molecule has 4 heterocycles. The van der Waals surface area contributed by atoms with Crippen molar-refractivity contribution in [1.82, 2.24) is 9.97 Å². The highest BCUT2D eigenvalue weighted by Gasteiger charge is 2.32. The molecule has 45 heavy (non-hydrogen) atoms. The van der Waals surface area contributed by atoms with Gasteiger partial charge in [0, 0.05) is 22.2 Å². The van der Waals surface area contributed by atoms with Crippen LogP contribution >= 0.6 is 22.7 Å². The number of nitrogens with zero attached hydrogens (tertiary/aromatic N) is 2. The molecule has 0 spiro atoms. The van der Waals surface area contributed by atoms with E-state index in [1.165, 1.54) is 53.8 Å². The Morgan fingerprint density at radius 3 is 1.60 bits per heavy atom. The number of aromatic nitrogens is 2. The van der Waals surface area contributed by atoms with Crippen LogP contribution in [0.2, 0.25) is 0 Å². The second-order valence-electron chi connectivity index (χ2n) is 14.4. The fraction of sp³-hybridized carbons (Fsp3) is 0.543. The van der Waals surface area contributed by atoms with Crippen molar-refractivity contribution in [1.29, 1.82) is 0 Å². The fourth-order valence-corrected chi connectivity index (χ4v) is 8.46. The quantitative estimate of drug-likeness (QED) is 0.213. The molecule has 2 aliphatic carbocycles. The van der Waals surface area contributed by atoms with E-state index in [0.29, 0.717) is 50.4 Å². The molecule has 0 saturated heterocycles. The molecule has 10 heteroatoms. The molecule has 0 aromatic carbocycles. The van der Waals surface area contributed by atoms with Crippen LogP contribution in [0.15, 0.2) is 12.1 Å². The van der Waals surface area contributed by atoms with Crippen molar-refractivity contribution < 1.29 is 19.1 Å². The summed E-state index contributed by atoms with van der Waals surface area (Å²) in [5, 5.41) is 1.78. The molecule has 0 saturated carbocycles. The highest BCUT2D eigenvalue weighted by atomic mass is 32.1. The highest BCUT2D eigenvalue weighted by molar-refractivity contribution is 7.21. The lowest BCUT2D eigenvalue weighted by atomic mass is 9.71. The van der Waals surface area contributed by atoms with Crippen LogP contribution in [0.4, 0.5) is 11.4 Å². The molecule has 0 fully saturated rings. The van der Waals surface area contributed by atoms with Gasteiger partial charge in [-0.25, -0.2) is 19.6 Å². The van der Waals surface area contributed by atoms with Gasteiger partial charge in [0.1, 0.15) is 19.4 Å². The van der Waals surface area contributed by atoms with Gasteiger partial charge < -0.3 is 20.9 Å². The van der Waals surface area contributed by atoms with E-state index in [1.807, 2.05) is 0 Å². The molecule has 8 nitrogen and oxygen atoms in total. The zero-order valence-corrected chi connectivity index (χ0v) is 29.4. The summed E-state index contributed by atoms with van der Waals surface area (Å²) >= 11 is 2.67. The Bertz CT molecular complexity index is 1760. The lowest BCUT2D eigenvalue weighted by Gasteiger charge is -2.34. The molecule has 0 radical (unpaired) electrons. The fourth-order valence-electron chi connectivity index (χ4n) is 6.45. The number of rotatable bonds is 3. The number of ether oxygens (including phenoxy) is 2. The summed E-state index contributed by atoms with van der Waals surface area (Å²) in [6, 6.07) is 4.28. The third-order valence-corrected chi connectivity index (χ3v) is 11.6. The van der Waals surface area contributed by atoms with Crippen LogP contribution in [-0.4, -0.2) is 35.6 Å². The number of esters is 2. The summed E-state index contributed by atoms with van der Waals surface area (Å²) in [6.45, 7) is 15.9. The molecule has 2 unspecified atom stereocenters. The van der Waals surface area contributed by atoms with E-state index in [4.69, 9.17) is 30.9 Å².